The fourth-order valence-electron chi connectivity index (χ4n) is 2.80. The van der Waals surface area contributed by atoms with Crippen LogP contribution in [0.15, 0.2) is 65.3 Å². The molecular formula is C22H17NO7. The Hall–Kier alpha value is -4.07. The number of rotatable bonds is 6. The number of Topliss-reactive ketones (excluding diaryl/α,β-unsaturated/α-hetero) is 1. The van der Waals surface area contributed by atoms with Gasteiger partial charge in [0.1, 0.15) is 13.2 Å². The lowest BCUT2D eigenvalue weighted by Gasteiger charge is -2.18. The fourth-order valence-corrected chi connectivity index (χ4v) is 2.80. The number of nitrogens with one attached hydrogen (secondary N) is 1. The van der Waals surface area contributed by atoms with Crippen molar-refractivity contribution in [2.45, 2.75) is 0 Å². The number of hydrogen-bond acceptors (Lipinski definition) is 7. The van der Waals surface area contributed by atoms with E-state index in [2.05, 4.69) is 5.32 Å². The van der Waals surface area contributed by atoms with Crippen molar-refractivity contribution in [3.8, 4) is 11.5 Å². The summed E-state index contributed by atoms with van der Waals surface area (Å²) in [6.45, 7) is 0.469. The average Bonchev–Trinajstić information content (AvgIpc) is 3.32. The molecule has 0 spiro atoms. The topological polar surface area (TPSA) is 104 Å². The first-order valence-electron chi connectivity index (χ1n) is 9.15. The highest BCUT2D eigenvalue weighted by Gasteiger charge is 2.17. The number of fused-ring (bicyclic) bond motifs is 1. The second-order valence-electron chi connectivity index (χ2n) is 6.37. The molecule has 0 atom stereocenters. The highest BCUT2D eigenvalue weighted by Crippen LogP contribution is 2.30. The van der Waals surface area contributed by atoms with Crippen LogP contribution >= 0.6 is 0 Å². The summed E-state index contributed by atoms with van der Waals surface area (Å²) >= 11 is 0. The minimum absolute atomic E-state index is 0.177. The molecule has 8 nitrogen and oxygen atoms in total. The Kier molecular flexibility index (Phi) is 5.47. The molecular weight excluding hydrogens is 390 g/mol. The van der Waals surface area contributed by atoms with E-state index in [1.165, 1.54) is 18.4 Å². The number of benzene rings is 2. The standard InChI is InChI=1S/C22H17NO7/c24-17(15-5-8-18-20(12-15)29-11-10-28-18)13-30-22(26)14-3-6-16(7-4-14)23-21(25)19-2-1-9-27-19/h1-9,12H,10-11,13H2,(H,23,25). The average molecular weight is 407 g/mol. The van der Waals surface area contributed by atoms with E-state index in [1.54, 1.807) is 42.5 Å². The van der Waals surface area contributed by atoms with Gasteiger partial charge in [-0.3, -0.25) is 9.59 Å². The molecule has 1 N–H and O–H groups in total. The predicted octanol–water partition coefficient (Wildman–Crippen LogP) is 3.34. The van der Waals surface area contributed by atoms with Gasteiger partial charge < -0.3 is 23.9 Å². The smallest absolute Gasteiger partial charge is 0.338 e. The van der Waals surface area contributed by atoms with Crippen molar-refractivity contribution in [2.24, 2.45) is 0 Å². The van der Waals surface area contributed by atoms with E-state index in [1.807, 2.05) is 0 Å². The largest absolute Gasteiger partial charge is 0.486 e. The number of carbonyl (C=O) groups is 3. The van der Waals surface area contributed by atoms with E-state index in [4.69, 9.17) is 18.6 Å². The van der Waals surface area contributed by atoms with Crippen molar-refractivity contribution >= 4 is 23.3 Å². The Morgan fingerprint density at radius 2 is 1.63 bits per heavy atom. The molecule has 2 heterocycles. The van der Waals surface area contributed by atoms with Crippen molar-refractivity contribution in [1.29, 1.82) is 0 Å². The molecule has 0 unspecified atom stereocenters. The van der Waals surface area contributed by atoms with Gasteiger partial charge in [0.2, 0.25) is 0 Å². The molecule has 2 aromatic carbocycles. The summed E-state index contributed by atoms with van der Waals surface area (Å²) in [6.07, 6.45) is 1.40. The Labute approximate surface area is 171 Å². The van der Waals surface area contributed by atoms with E-state index in [0.717, 1.165) is 0 Å². The molecule has 0 fully saturated rings. The Bertz CT molecular complexity index is 1070. The van der Waals surface area contributed by atoms with Gasteiger partial charge in [0, 0.05) is 11.3 Å². The van der Waals surface area contributed by atoms with E-state index in [-0.39, 0.29) is 17.1 Å². The molecule has 0 saturated carbocycles. The zero-order chi connectivity index (χ0) is 20.9. The monoisotopic (exact) mass is 407 g/mol. The van der Waals surface area contributed by atoms with Crippen LogP contribution in [0.4, 0.5) is 5.69 Å². The molecule has 1 aromatic heterocycles. The maximum atomic E-state index is 12.3. The van der Waals surface area contributed by atoms with Crippen LogP contribution < -0.4 is 14.8 Å². The van der Waals surface area contributed by atoms with Crippen molar-refractivity contribution < 1.29 is 33.0 Å². The van der Waals surface area contributed by atoms with E-state index >= 15 is 0 Å². The van der Waals surface area contributed by atoms with Gasteiger partial charge in [-0.1, -0.05) is 0 Å². The molecule has 1 aliphatic heterocycles. The molecule has 0 aliphatic carbocycles. The van der Waals surface area contributed by atoms with Crippen LogP contribution in [0.5, 0.6) is 11.5 Å². The first kappa shape index (κ1) is 19.3. The van der Waals surface area contributed by atoms with Gasteiger partial charge in [-0.15, -0.1) is 0 Å². The Morgan fingerprint density at radius 3 is 2.37 bits per heavy atom. The van der Waals surface area contributed by atoms with Crippen LogP contribution in [-0.2, 0) is 4.74 Å². The van der Waals surface area contributed by atoms with Crippen LogP contribution in [-0.4, -0.2) is 37.5 Å². The molecule has 152 valence electrons. The van der Waals surface area contributed by atoms with Crippen LogP contribution in [0, 0.1) is 0 Å². The van der Waals surface area contributed by atoms with Gasteiger partial charge in [-0.2, -0.15) is 0 Å². The third-order valence-corrected chi connectivity index (χ3v) is 4.32. The highest BCUT2D eigenvalue weighted by molar-refractivity contribution is 6.03. The first-order valence-corrected chi connectivity index (χ1v) is 9.15. The minimum Gasteiger partial charge on any atom is -0.486 e. The molecule has 1 aliphatic rings. The van der Waals surface area contributed by atoms with Gasteiger partial charge in [-0.25, -0.2) is 4.79 Å². The number of esters is 1. The number of ketones is 1. The van der Waals surface area contributed by atoms with Gasteiger partial charge in [0.15, 0.2) is 29.6 Å². The number of furan rings is 1. The number of hydrogen-bond donors (Lipinski definition) is 1. The maximum Gasteiger partial charge on any atom is 0.338 e. The molecule has 4 rings (SSSR count). The summed E-state index contributed by atoms with van der Waals surface area (Å²) < 4.78 is 21.0. The Morgan fingerprint density at radius 1 is 0.900 bits per heavy atom. The second-order valence-corrected chi connectivity index (χ2v) is 6.37. The lowest BCUT2D eigenvalue weighted by molar-refractivity contribution is 0.0474. The summed E-state index contributed by atoms with van der Waals surface area (Å²) in [4.78, 5) is 36.5. The summed E-state index contributed by atoms with van der Waals surface area (Å²) in [6, 6.07) is 14.1. The normalized spacial score (nSPS) is 12.1. The zero-order valence-corrected chi connectivity index (χ0v) is 15.8. The number of anilines is 1. The van der Waals surface area contributed by atoms with Crippen molar-refractivity contribution in [3.05, 3.63) is 77.7 Å². The van der Waals surface area contributed by atoms with Gasteiger partial charge in [0.25, 0.3) is 5.91 Å². The zero-order valence-electron chi connectivity index (χ0n) is 15.8. The van der Waals surface area contributed by atoms with Gasteiger partial charge in [0.05, 0.1) is 11.8 Å². The van der Waals surface area contributed by atoms with E-state index in [0.29, 0.717) is 36.0 Å². The fraction of sp³-hybridized carbons (Fsp3) is 0.136. The van der Waals surface area contributed by atoms with Crippen LogP contribution in [0.3, 0.4) is 0 Å². The summed E-state index contributed by atoms with van der Waals surface area (Å²) in [5, 5.41) is 2.65. The molecule has 30 heavy (non-hydrogen) atoms. The van der Waals surface area contributed by atoms with Crippen LogP contribution in [0.1, 0.15) is 31.3 Å². The maximum absolute atomic E-state index is 12.3. The van der Waals surface area contributed by atoms with Crippen LogP contribution in [0.2, 0.25) is 0 Å². The summed E-state index contributed by atoms with van der Waals surface area (Å²) in [5.41, 5.74) is 1.10. The number of amides is 1. The lowest BCUT2D eigenvalue weighted by atomic mass is 10.1. The summed E-state index contributed by atoms with van der Waals surface area (Å²) in [5.74, 6) is -0.163. The minimum atomic E-state index is -0.648. The molecule has 0 radical (unpaired) electrons. The SMILES string of the molecule is O=C(COC(=O)c1ccc(NC(=O)c2ccco2)cc1)c1ccc2c(c1)OCCO2. The second kappa shape index (κ2) is 8.52. The highest BCUT2D eigenvalue weighted by atomic mass is 16.6. The molecule has 8 heteroatoms. The Balaban J connectivity index is 1.32. The van der Waals surface area contributed by atoms with Crippen LogP contribution in [0.25, 0.3) is 0 Å². The number of carbonyl (C=O) groups excluding carboxylic acids is 3. The van der Waals surface area contributed by atoms with Gasteiger partial charge >= 0.3 is 5.97 Å². The predicted molar refractivity (Wildman–Crippen MR) is 105 cm³/mol. The molecule has 0 bridgehead atoms. The quantitative estimate of drug-likeness (QED) is 0.494. The van der Waals surface area contributed by atoms with Crippen molar-refractivity contribution in [3.63, 3.8) is 0 Å². The third kappa shape index (κ3) is 4.33. The molecule has 3 aromatic rings. The van der Waals surface area contributed by atoms with Gasteiger partial charge in [-0.05, 0) is 54.6 Å². The first-order chi connectivity index (χ1) is 14.6. The lowest BCUT2D eigenvalue weighted by Crippen LogP contribution is -2.17. The van der Waals surface area contributed by atoms with Crippen molar-refractivity contribution in [2.75, 3.05) is 25.1 Å². The number of ether oxygens (including phenoxy) is 3. The van der Waals surface area contributed by atoms with E-state index in [9.17, 15) is 14.4 Å². The summed E-state index contributed by atoms with van der Waals surface area (Å²) in [7, 11) is 0. The molecule has 0 saturated heterocycles. The van der Waals surface area contributed by atoms with Crippen molar-refractivity contribution in [1.82, 2.24) is 0 Å². The van der Waals surface area contributed by atoms with E-state index < -0.39 is 18.5 Å². The third-order valence-electron chi connectivity index (χ3n) is 4.32. The molecule has 1 amide bonds.